The van der Waals surface area contributed by atoms with E-state index in [-0.39, 0.29) is 28.9 Å². The van der Waals surface area contributed by atoms with Gasteiger partial charge < -0.3 is 10.2 Å². The van der Waals surface area contributed by atoms with Crippen LogP contribution >= 0.6 is 11.3 Å². The molecule has 0 unspecified atom stereocenters. The minimum absolute atomic E-state index is 0.000231. The summed E-state index contributed by atoms with van der Waals surface area (Å²) in [4.78, 5) is 38.2. The number of carbonyl (C=O) groups is 2. The number of carbonyl (C=O) groups excluding carboxylic acids is 2. The molecule has 2 N–H and O–H groups in total. The fourth-order valence-corrected chi connectivity index (χ4v) is 3.91. The molecule has 0 saturated carbocycles. The lowest BCUT2D eigenvalue weighted by Gasteiger charge is -2.30. The summed E-state index contributed by atoms with van der Waals surface area (Å²) in [6.07, 6.45) is 1.88. The fraction of sp³-hybridized carbons (Fsp3) is 0.471. The highest BCUT2D eigenvalue weighted by Crippen LogP contribution is 2.24. The molecule has 2 aromatic rings. The van der Waals surface area contributed by atoms with Crippen molar-refractivity contribution in [1.29, 1.82) is 0 Å². The van der Waals surface area contributed by atoms with Crippen molar-refractivity contribution in [3.8, 4) is 0 Å². The molecule has 0 aromatic carbocycles. The molecule has 3 rings (SSSR count). The Bertz CT molecular complexity index is 825. The van der Waals surface area contributed by atoms with Gasteiger partial charge in [-0.3, -0.25) is 24.8 Å². The second kappa shape index (κ2) is 8.30. The van der Waals surface area contributed by atoms with Crippen LogP contribution in [0.1, 0.15) is 33.9 Å². The Morgan fingerprint density at radius 3 is 2.81 bits per heavy atom. The Morgan fingerprint density at radius 2 is 2.19 bits per heavy atom. The number of aromatic nitrogens is 2. The molecule has 1 fully saturated rings. The van der Waals surface area contributed by atoms with E-state index in [1.165, 1.54) is 16.7 Å². The first-order valence-electron chi connectivity index (χ1n) is 8.76. The Hall–Kier alpha value is -2.75. The second-order valence-corrected chi connectivity index (χ2v) is 7.52. The number of amides is 2. The molecule has 9 nitrogen and oxygen atoms in total. The maximum atomic E-state index is 12.6. The van der Waals surface area contributed by atoms with Crippen LogP contribution in [0, 0.1) is 23.0 Å². The lowest BCUT2D eigenvalue weighted by atomic mass is 9.95. The van der Waals surface area contributed by atoms with Gasteiger partial charge >= 0.3 is 5.69 Å². The summed E-state index contributed by atoms with van der Waals surface area (Å²) in [5.41, 5.74) is -0.201. The van der Waals surface area contributed by atoms with Gasteiger partial charge in [0, 0.05) is 30.4 Å². The normalized spacial score (nSPS) is 14.9. The number of rotatable bonds is 6. The van der Waals surface area contributed by atoms with E-state index >= 15 is 0 Å². The first kappa shape index (κ1) is 19.0. The zero-order valence-electron chi connectivity index (χ0n) is 14.9. The zero-order chi connectivity index (χ0) is 19.4. The van der Waals surface area contributed by atoms with Crippen molar-refractivity contribution >= 4 is 28.8 Å². The molecule has 10 heteroatoms. The maximum Gasteiger partial charge on any atom is 0.322 e. The van der Waals surface area contributed by atoms with Gasteiger partial charge in [0.05, 0.1) is 4.92 Å². The summed E-state index contributed by atoms with van der Waals surface area (Å²) < 4.78 is 0. The smallest absolute Gasteiger partial charge is 0.322 e. The van der Waals surface area contributed by atoms with E-state index in [0.717, 1.165) is 6.42 Å². The second-order valence-electron chi connectivity index (χ2n) is 6.49. The minimum Gasteiger partial charge on any atom is -0.355 e. The molecule has 0 spiro atoms. The molecule has 1 aliphatic rings. The molecule has 2 amide bonds. The van der Waals surface area contributed by atoms with E-state index in [9.17, 15) is 19.7 Å². The maximum absolute atomic E-state index is 12.6. The van der Waals surface area contributed by atoms with Crippen LogP contribution in [0.4, 0.5) is 5.69 Å². The molecule has 3 heterocycles. The van der Waals surface area contributed by atoms with E-state index in [4.69, 9.17) is 0 Å². The first-order valence-corrected chi connectivity index (χ1v) is 9.64. The number of nitro groups is 1. The Kier molecular flexibility index (Phi) is 5.84. The van der Waals surface area contributed by atoms with E-state index < -0.39 is 10.8 Å². The average Bonchev–Trinajstić information content (AvgIpc) is 3.30. The summed E-state index contributed by atoms with van der Waals surface area (Å²) >= 11 is 1.66. The predicted octanol–water partition coefficient (Wildman–Crippen LogP) is 1.90. The van der Waals surface area contributed by atoms with Gasteiger partial charge in [-0.05, 0) is 37.6 Å². The van der Waals surface area contributed by atoms with Crippen LogP contribution in [0.3, 0.4) is 0 Å². The molecule has 1 saturated heterocycles. The number of H-pyrrole nitrogens is 1. The largest absolute Gasteiger partial charge is 0.355 e. The monoisotopic (exact) mass is 391 g/mol. The van der Waals surface area contributed by atoms with Crippen molar-refractivity contribution in [2.45, 2.75) is 26.2 Å². The highest BCUT2D eigenvalue weighted by molar-refractivity contribution is 7.09. The van der Waals surface area contributed by atoms with E-state index in [1.54, 1.807) is 11.3 Å². The molecular weight excluding hydrogens is 370 g/mol. The zero-order valence-corrected chi connectivity index (χ0v) is 15.8. The van der Waals surface area contributed by atoms with Gasteiger partial charge in [0.1, 0.15) is 5.69 Å². The molecule has 1 aliphatic heterocycles. The minimum atomic E-state index is -0.597. The van der Waals surface area contributed by atoms with Crippen molar-refractivity contribution in [2.24, 2.45) is 5.92 Å². The van der Waals surface area contributed by atoms with Gasteiger partial charge in [0.25, 0.3) is 5.91 Å². The highest BCUT2D eigenvalue weighted by Gasteiger charge is 2.33. The van der Waals surface area contributed by atoms with Crippen LogP contribution in [-0.2, 0) is 11.2 Å². The Labute approximate surface area is 159 Å². The molecule has 0 bridgehead atoms. The van der Waals surface area contributed by atoms with Gasteiger partial charge in [-0.1, -0.05) is 6.07 Å². The Morgan fingerprint density at radius 1 is 1.44 bits per heavy atom. The van der Waals surface area contributed by atoms with E-state index in [0.29, 0.717) is 32.5 Å². The van der Waals surface area contributed by atoms with Gasteiger partial charge in [-0.2, -0.15) is 5.10 Å². The lowest BCUT2D eigenvalue weighted by molar-refractivity contribution is -0.385. The third kappa shape index (κ3) is 4.33. The number of aromatic amines is 1. The number of likely N-dealkylation sites (tertiary alicyclic amines) is 1. The SMILES string of the molecule is Cc1[nH]nc(C(=O)N2CCC(C(=O)NCCc3cccs3)CC2)c1[N+](=O)[O-]. The van der Waals surface area contributed by atoms with Gasteiger partial charge in [0.2, 0.25) is 11.6 Å². The van der Waals surface area contributed by atoms with Crippen molar-refractivity contribution in [3.63, 3.8) is 0 Å². The number of aryl methyl sites for hydroxylation is 1. The van der Waals surface area contributed by atoms with Crippen LogP contribution in [0.2, 0.25) is 0 Å². The molecule has 27 heavy (non-hydrogen) atoms. The predicted molar refractivity (Wildman–Crippen MR) is 99.6 cm³/mol. The quantitative estimate of drug-likeness (QED) is 0.575. The highest BCUT2D eigenvalue weighted by atomic mass is 32.1. The van der Waals surface area contributed by atoms with Crippen LogP contribution in [-0.4, -0.2) is 51.5 Å². The van der Waals surface area contributed by atoms with E-state index in [1.807, 2.05) is 17.5 Å². The first-order chi connectivity index (χ1) is 13.0. The van der Waals surface area contributed by atoms with Crippen molar-refractivity contribution < 1.29 is 14.5 Å². The number of hydrogen-bond donors (Lipinski definition) is 2. The third-order valence-corrected chi connectivity index (χ3v) is 5.64. The average molecular weight is 391 g/mol. The number of thiophene rings is 1. The topological polar surface area (TPSA) is 121 Å². The van der Waals surface area contributed by atoms with Crippen molar-refractivity contribution in [3.05, 3.63) is 43.9 Å². The molecular formula is C17H21N5O4S. The fourth-order valence-electron chi connectivity index (χ4n) is 3.20. The summed E-state index contributed by atoms with van der Waals surface area (Å²) in [5, 5.41) is 22.4. The van der Waals surface area contributed by atoms with Crippen LogP contribution < -0.4 is 5.32 Å². The number of nitrogens with one attached hydrogen (secondary N) is 2. The van der Waals surface area contributed by atoms with Crippen molar-refractivity contribution in [1.82, 2.24) is 20.4 Å². The van der Waals surface area contributed by atoms with E-state index in [2.05, 4.69) is 15.5 Å². The summed E-state index contributed by atoms with van der Waals surface area (Å²) in [6, 6.07) is 4.02. The lowest BCUT2D eigenvalue weighted by Crippen LogP contribution is -2.43. The van der Waals surface area contributed by atoms with Gasteiger partial charge in [0.15, 0.2) is 0 Å². The molecule has 0 atom stereocenters. The van der Waals surface area contributed by atoms with Crippen LogP contribution in [0.25, 0.3) is 0 Å². The van der Waals surface area contributed by atoms with Crippen molar-refractivity contribution in [2.75, 3.05) is 19.6 Å². The molecule has 0 aliphatic carbocycles. The number of nitrogens with zero attached hydrogens (tertiary/aromatic N) is 3. The summed E-state index contributed by atoms with van der Waals surface area (Å²) in [5.74, 6) is -0.615. The third-order valence-electron chi connectivity index (χ3n) is 4.70. The van der Waals surface area contributed by atoms with Gasteiger partial charge in [-0.15, -0.1) is 11.3 Å². The number of piperidine rings is 1. The molecule has 2 aromatic heterocycles. The summed E-state index contributed by atoms with van der Waals surface area (Å²) in [7, 11) is 0. The standard InChI is InChI=1S/C17H21N5O4S/c1-11-15(22(25)26)14(20-19-11)17(24)21-8-5-12(6-9-21)16(23)18-7-4-13-3-2-10-27-13/h2-3,10,12H,4-9H2,1H3,(H,18,23)(H,19,20). The Balaban J connectivity index is 1.50. The summed E-state index contributed by atoms with van der Waals surface area (Å²) in [6.45, 7) is 2.86. The van der Waals surface area contributed by atoms with Gasteiger partial charge in [-0.25, -0.2) is 0 Å². The molecule has 144 valence electrons. The van der Waals surface area contributed by atoms with Crippen LogP contribution in [0.15, 0.2) is 17.5 Å². The van der Waals surface area contributed by atoms with Crippen LogP contribution in [0.5, 0.6) is 0 Å². The molecule has 0 radical (unpaired) electrons. The number of hydrogen-bond acceptors (Lipinski definition) is 6.